The minimum atomic E-state index is -0.0551. The number of nitrogens with zero attached hydrogens (tertiary/aromatic N) is 2. The van der Waals surface area contributed by atoms with Gasteiger partial charge in [-0.25, -0.2) is 0 Å². The second-order valence-corrected chi connectivity index (χ2v) is 5.45. The van der Waals surface area contributed by atoms with Gasteiger partial charge >= 0.3 is 0 Å². The van der Waals surface area contributed by atoms with Crippen LogP contribution in [0.15, 0.2) is 24.3 Å². The summed E-state index contributed by atoms with van der Waals surface area (Å²) < 4.78 is 0. The summed E-state index contributed by atoms with van der Waals surface area (Å²) in [5.41, 5.74) is 1.15. The molecule has 5 heteroatoms. The Bertz CT molecular complexity index is 530. The third kappa shape index (κ3) is 3.42. The lowest BCUT2D eigenvalue weighted by Crippen LogP contribution is -2.52. The topological polar surface area (TPSA) is 52.7 Å². The number of carbonyl (C=O) groups is 2. The molecule has 0 unspecified atom stereocenters. The summed E-state index contributed by atoms with van der Waals surface area (Å²) in [4.78, 5) is 28.3. The van der Waals surface area contributed by atoms with Crippen molar-refractivity contribution in [3.8, 4) is 0 Å². The Morgan fingerprint density at radius 3 is 2.76 bits per heavy atom. The third-order valence-corrected chi connectivity index (χ3v) is 3.94. The number of carbonyl (C=O) groups excluding carboxylic acids is 2. The van der Waals surface area contributed by atoms with Gasteiger partial charge in [0.2, 0.25) is 0 Å². The lowest BCUT2D eigenvalue weighted by atomic mass is 10.1. The number of amides is 2. The van der Waals surface area contributed by atoms with Crippen LogP contribution < -0.4 is 5.32 Å². The van der Waals surface area contributed by atoms with Gasteiger partial charge in [0.15, 0.2) is 0 Å². The lowest BCUT2D eigenvalue weighted by molar-refractivity contribution is 0.0655. The van der Waals surface area contributed by atoms with Crippen LogP contribution in [0.25, 0.3) is 0 Å². The highest BCUT2D eigenvalue weighted by Crippen LogP contribution is 2.13. The van der Waals surface area contributed by atoms with Crippen LogP contribution in [0.5, 0.6) is 0 Å². The van der Waals surface area contributed by atoms with Crippen LogP contribution in [-0.2, 0) is 0 Å². The smallest absolute Gasteiger partial charge is 0.254 e. The van der Waals surface area contributed by atoms with Crippen molar-refractivity contribution in [2.45, 2.75) is 19.9 Å². The largest absolute Gasteiger partial charge is 0.342 e. The number of rotatable bonds is 3. The zero-order valence-electron chi connectivity index (χ0n) is 12.9. The molecule has 2 rings (SSSR count). The fourth-order valence-corrected chi connectivity index (χ4v) is 2.46. The van der Waals surface area contributed by atoms with Gasteiger partial charge in [0.1, 0.15) is 0 Å². The molecule has 1 saturated heterocycles. The van der Waals surface area contributed by atoms with Crippen LogP contribution in [0.4, 0.5) is 0 Å². The molecule has 1 fully saturated rings. The summed E-state index contributed by atoms with van der Waals surface area (Å²) in [6.45, 7) is 6.92. The Morgan fingerprint density at radius 2 is 2.10 bits per heavy atom. The van der Waals surface area contributed by atoms with Crippen molar-refractivity contribution in [1.29, 1.82) is 0 Å². The maximum atomic E-state index is 12.6. The van der Waals surface area contributed by atoms with Gasteiger partial charge in [-0.15, -0.1) is 0 Å². The van der Waals surface area contributed by atoms with E-state index in [9.17, 15) is 9.59 Å². The van der Waals surface area contributed by atoms with Gasteiger partial charge in [0.05, 0.1) is 0 Å². The fraction of sp³-hybridized carbons (Fsp3) is 0.500. The monoisotopic (exact) mass is 289 g/mol. The molecule has 1 heterocycles. The normalized spacial score (nSPS) is 18.4. The highest BCUT2D eigenvalue weighted by Gasteiger charge is 2.24. The predicted molar refractivity (Wildman–Crippen MR) is 82.4 cm³/mol. The Kier molecular flexibility index (Phi) is 4.96. The quantitative estimate of drug-likeness (QED) is 0.910. The molecular weight excluding hydrogens is 266 g/mol. The van der Waals surface area contributed by atoms with Crippen LogP contribution in [0, 0.1) is 0 Å². The van der Waals surface area contributed by atoms with Gasteiger partial charge in [-0.05, 0) is 32.0 Å². The van der Waals surface area contributed by atoms with Crippen molar-refractivity contribution in [3.63, 3.8) is 0 Å². The zero-order chi connectivity index (χ0) is 15.4. The number of hydrogen-bond donors (Lipinski definition) is 1. The minimum absolute atomic E-state index is 0.00204. The van der Waals surface area contributed by atoms with Gasteiger partial charge in [0, 0.05) is 50.4 Å². The van der Waals surface area contributed by atoms with E-state index >= 15 is 0 Å². The first-order valence-corrected chi connectivity index (χ1v) is 7.41. The Balaban J connectivity index is 2.20. The van der Waals surface area contributed by atoms with E-state index in [0.29, 0.717) is 24.2 Å². The summed E-state index contributed by atoms with van der Waals surface area (Å²) in [5, 5.41) is 3.27. The van der Waals surface area contributed by atoms with Gasteiger partial charge < -0.3 is 15.1 Å². The average Bonchev–Trinajstić information content (AvgIpc) is 2.53. The van der Waals surface area contributed by atoms with Gasteiger partial charge in [0.25, 0.3) is 11.8 Å². The average molecular weight is 289 g/mol. The Hall–Kier alpha value is -1.88. The zero-order valence-corrected chi connectivity index (χ0v) is 12.9. The van der Waals surface area contributed by atoms with Crippen LogP contribution in [-0.4, -0.2) is 60.9 Å². The highest BCUT2D eigenvalue weighted by atomic mass is 16.2. The Labute approximate surface area is 125 Å². The highest BCUT2D eigenvalue weighted by molar-refractivity contribution is 5.99. The third-order valence-electron chi connectivity index (χ3n) is 3.94. The second kappa shape index (κ2) is 6.72. The molecule has 0 radical (unpaired) electrons. The van der Waals surface area contributed by atoms with Crippen molar-refractivity contribution in [2.24, 2.45) is 0 Å². The molecule has 0 aromatic heterocycles. The molecule has 1 aromatic carbocycles. The molecule has 0 aliphatic carbocycles. The van der Waals surface area contributed by atoms with E-state index in [-0.39, 0.29) is 17.9 Å². The molecule has 2 amide bonds. The number of benzene rings is 1. The van der Waals surface area contributed by atoms with E-state index in [1.807, 2.05) is 18.7 Å². The van der Waals surface area contributed by atoms with Gasteiger partial charge in [-0.1, -0.05) is 6.07 Å². The number of hydrogen-bond acceptors (Lipinski definition) is 3. The van der Waals surface area contributed by atoms with E-state index in [1.54, 1.807) is 36.2 Å². The summed E-state index contributed by atoms with van der Waals surface area (Å²) in [6.07, 6.45) is 0. The van der Waals surface area contributed by atoms with Crippen molar-refractivity contribution in [1.82, 2.24) is 15.1 Å². The van der Waals surface area contributed by atoms with E-state index in [2.05, 4.69) is 5.32 Å². The summed E-state index contributed by atoms with van der Waals surface area (Å²) >= 11 is 0. The molecule has 1 aromatic rings. The van der Waals surface area contributed by atoms with Crippen LogP contribution in [0.1, 0.15) is 34.6 Å². The SMILES string of the molecule is CCN(C)C(=O)c1cccc(C(=O)N2CCNC[C@H]2C)c1. The molecule has 0 bridgehead atoms. The van der Waals surface area contributed by atoms with E-state index in [4.69, 9.17) is 0 Å². The summed E-state index contributed by atoms with van der Waals surface area (Å²) in [7, 11) is 1.76. The molecule has 0 saturated carbocycles. The second-order valence-electron chi connectivity index (χ2n) is 5.45. The van der Waals surface area contributed by atoms with E-state index in [1.165, 1.54) is 0 Å². The van der Waals surface area contributed by atoms with Crippen LogP contribution in [0.2, 0.25) is 0 Å². The van der Waals surface area contributed by atoms with Gasteiger partial charge in [-0.2, -0.15) is 0 Å². The van der Waals surface area contributed by atoms with Crippen molar-refractivity contribution < 1.29 is 9.59 Å². The summed E-state index contributed by atoms with van der Waals surface area (Å²) in [5.74, 6) is -0.0571. The van der Waals surface area contributed by atoms with E-state index < -0.39 is 0 Å². The molecule has 0 spiro atoms. The standard InChI is InChI=1S/C16H23N3O2/c1-4-18(3)15(20)13-6-5-7-14(10-13)16(21)19-9-8-17-11-12(19)2/h5-7,10,12,17H,4,8-9,11H2,1-3H3/t12-/m1/s1. The molecule has 1 aliphatic rings. The molecule has 1 aliphatic heterocycles. The molecule has 5 nitrogen and oxygen atoms in total. The first-order chi connectivity index (χ1) is 10.0. The van der Waals surface area contributed by atoms with Crippen molar-refractivity contribution >= 4 is 11.8 Å². The molecule has 114 valence electrons. The first-order valence-electron chi connectivity index (χ1n) is 7.41. The Morgan fingerprint density at radius 1 is 1.38 bits per heavy atom. The number of nitrogens with one attached hydrogen (secondary N) is 1. The molecular formula is C16H23N3O2. The van der Waals surface area contributed by atoms with E-state index in [0.717, 1.165) is 13.1 Å². The fourth-order valence-electron chi connectivity index (χ4n) is 2.46. The lowest BCUT2D eigenvalue weighted by Gasteiger charge is -2.34. The van der Waals surface area contributed by atoms with Crippen molar-refractivity contribution in [2.75, 3.05) is 33.2 Å². The molecule has 21 heavy (non-hydrogen) atoms. The maximum Gasteiger partial charge on any atom is 0.254 e. The summed E-state index contributed by atoms with van der Waals surface area (Å²) in [6, 6.07) is 7.18. The molecule has 1 atom stereocenters. The van der Waals surface area contributed by atoms with Crippen LogP contribution in [0.3, 0.4) is 0 Å². The van der Waals surface area contributed by atoms with Crippen molar-refractivity contribution in [3.05, 3.63) is 35.4 Å². The van der Waals surface area contributed by atoms with Crippen LogP contribution >= 0.6 is 0 Å². The first kappa shape index (κ1) is 15.5. The maximum absolute atomic E-state index is 12.6. The van der Waals surface area contributed by atoms with Gasteiger partial charge in [-0.3, -0.25) is 9.59 Å². The minimum Gasteiger partial charge on any atom is -0.342 e. The molecule has 1 N–H and O–H groups in total. The predicted octanol–water partition coefficient (Wildman–Crippen LogP) is 1.21. The number of piperazine rings is 1.